The molecule has 0 fully saturated rings. The third-order valence-electron chi connectivity index (χ3n) is 2.38. The van der Waals surface area contributed by atoms with Crippen LogP contribution in [0.25, 0.3) is 0 Å². The molecule has 0 aliphatic rings. The zero-order valence-corrected chi connectivity index (χ0v) is 12.6. The summed E-state index contributed by atoms with van der Waals surface area (Å²) in [6, 6.07) is 2.93. The summed E-state index contributed by atoms with van der Waals surface area (Å²) in [5.74, 6) is 0.0266. The SMILES string of the molecule is CN(C)S(=O)(=O)CCNc1ncccc1S(C)(=O)=O. The van der Waals surface area contributed by atoms with Crippen molar-refractivity contribution in [3.05, 3.63) is 18.3 Å². The molecule has 0 aromatic carbocycles. The van der Waals surface area contributed by atoms with Gasteiger partial charge in [-0.25, -0.2) is 26.1 Å². The first-order valence-electron chi connectivity index (χ1n) is 5.44. The molecule has 7 nitrogen and oxygen atoms in total. The molecule has 0 spiro atoms. The van der Waals surface area contributed by atoms with Gasteiger partial charge in [-0.05, 0) is 12.1 Å². The van der Waals surface area contributed by atoms with Gasteiger partial charge in [0.15, 0.2) is 9.84 Å². The third-order valence-corrected chi connectivity index (χ3v) is 5.34. The van der Waals surface area contributed by atoms with E-state index in [-0.39, 0.29) is 23.0 Å². The van der Waals surface area contributed by atoms with Gasteiger partial charge in [0, 0.05) is 33.1 Å². The molecule has 0 bridgehead atoms. The first-order valence-corrected chi connectivity index (χ1v) is 8.94. The Morgan fingerprint density at radius 1 is 1.26 bits per heavy atom. The van der Waals surface area contributed by atoms with Gasteiger partial charge in [0.25, 0.3) is 0 Å². The Morgan fingerprint density at radius 2 is 1.89 bits per heavy atom. The molecule has 0 aliphatic heterocycles. The number of pyridine rings is 1. The van der Waals surface area contributed by atoms with E-state index < -0.39 is 19.9 Å². The Morgan fingerprint density at radius 3 is 2.42 bits per heavy atom. The molecule has 1 N–H and O–H groups in total. The van der Waals surface area contributed by atoms with Gasteiger partial charge in [-0.1, -0.05) is 0 Å². The zero-order valence-electron chi connectivity index (χ0n) is 11.0. The average molecular weight is 307 g/mol. The fourth-order valence-electron chi connectivity index (χ4n) is 1.30. The van der Waals surface area contributed by atoms with Crippen LogP contribution in [0.15, 0.2) is 23.2 Å². The summed E-state index contributed by atoms with van der Waals surface area (Å²) >= 11 is 0. The maximum Gasteiger partial charge on any atom is 0.215 e. The predicted octanol–water partition coefficient (Wildman–Crippen LogP) is -0.212. The summed E-state index contributed by atoms with van der Waals surface area (Å²) in [6.45, 7) is 0.0834. The van der Waals surface area contributed by atoms with Crippen LogP contribution in [0.4, 0.5) is 5.82 Å². The van der Waals surface area contributed by atoms with E-state index in [2.05, 4.69) is 10.3 Å². The summed E-state index contributed by atoms with van der Waals surface area (Å²) in [5.41, 5.74) is 0. The van der Waals surface area contributed by atoms with Crippen LogP contribution in [-0.4, -0.2) is 58.8 Å². The van der Waals surface area contributed by atoms with Crippen LogP contribution < -0.4 is 5.32 Å². The molecule has 0 unspecified atom stereocenters. The molecular weight excluding hydrogens is 290 g/mol. The van der Waals surface area contributed by atoms with Crippen LogP contribution >= 0.6 is 0 Å². The number of hydrogen-bond donors (Lipinski definition) is 1. The van der Waals surface area contributed by atoms with Crippen molar-refractivity contribution >= 4 is 25.7 Å². The number of rotatable bonds is 6. The molecule has 0 aliphatic carbocycles. The highest BCUT2D eigenvalue weighted by Gasteiger charge is 2.16. The second-order valence-electron chi connectivity index (χ2n) is 4.15. The number of hydrogen-bond acceptors (Lipinski definition) is 6. The molecule has 0 atom stereocenters. The smallest absolute Gasteiger partial charge is 0.215 e. The second-order valence-corrected chi connectivity index (χ2v) is 8.43. The van der Waals surface area contributed by atoms with E-state index in [0.717, 1.165) is 10.6 Å². The average Bonchev–Trinajstić information content (AvgIpc) is 2.27. The highest BCUT2D eigenvalue weighted by Crippen LogP contribution is 2.17. The summed E-state index contributed by atoms with van der Waals surface area (Å²) in [4.78, 5) is 3.96. The van der Waals surface area contributed by atoms with Crippen molar-refractivity contribution in [2.45, 2.75) is 4.90 Å². The first kappa shape index (κ1) is 15.9. The van der Waals surface area contributed by atoms with Gasteiger partial charge in [0.05, 0.1) is 5.75 Å². The molecule has 0 saturated heterocycles. The minimum Gasteiger partial charge on any atom is -0.368 e. The lowest BCUT2D eigenvalue weighted by molar-refractivity contribution is 0.521. The molecule has 1 aromatic heterocycles. The van der Waals surface area contributed by atoms with Gasteiger partial charge in [-0.3, -0.25) is 0 Å². The lowest BCUT2D eigenvalue weighted by atomic mass is 10.4. The van der Waals surface area contributed by atoms with Crippen molar-refractivity contribution in [2.24, 2.45) is 0 Å². The Bertz CT molecular complexity index is 638. The second kappa shape index (κ2) is 5.85. The quantitative estimate of drug-likeness (QED) is 0.781. The van der Waals surface area contributed by atoms with E-state index in [1.165, 1.54) is 32.4 Å². The summed E-state index contributed by atoms with van der Waals surface area (Å²) in [6.07, 6.45) is 2.52. The molecular formula is C10H17N3O4S2. The topological polar surface area (TPSA) is 96.4 Å². The number of anilines is 1. The van der Waals surface area contributed by atoms with Crippen molar-refractivity contribution < 1.29 is 16.8 Å². The maximum atomic E-state index is 11.5. The van der Waals surface area contributed by atoms with E-state index in [1.807, 2.05) is 0 Å². The minimum absolute atomic E-state index is 0.0530. The van der Waals surface area contributed by atoms with Gasteiger partial charge < -0.3 is 5.32 Å². The molecule has 108 valence electrons. The summed E-state index contributed by atoms with van der Waals surface area (Å²) in [5, 5.41) is 2.73. The van der Waals surface area contributed by atoms with Crippen LogP contribution in [0.2, 0.25) is 0 Å². The molecule has 0 radical (unpaired) electrons. The van der Waals surface area contributed by atoms with Gasteiger partial charge in [-0.15, -0.1) is 0 Å². The number of sulfonamides is 1. The molecule has 0 amide bonds. The van der Waals surface area contributed by atoms with Crippen molar-refractivity contribution in [3.63, 3.8) is 0 Å². The highest BCUT2D eigenvalue weighted by molar-refractivity contribution is 7.91. The number of aromatic nitrogens is 1. The number of sulfone groups is 1. The Balaban J connectivity index is 2.81. The Labute approximate surface area is 113 Å². The molecule has 19 heavy (non-hydrogen) atoms. The van der Waals surface area contributed by atoms with Crippen LogP contribution in [0.5, 0.6) is 0 Å². The maximum absolute atomic E-state index is 11.5. The van der Waals surface area contributed by atoms with Gasteiger partial charge in [-0.2, -0.15) is 0 Å². The van der Waals surface area contributed by atoms with Gasteiger partial charge in [0.1, 0.15) is 10.7 Å². The standard InChI is InChI=1S/C10H17N3O4S2/c1-13(2)19(16,17)8-7-12-10-9(18(3,14)15)5-4-6-11-10/h4-6H,7-8H2,1-3H3,(H,11,12). The van der Waals surface area contributed by atoms with E-state index >= 15 is 0 Å². The predicted molar refractivity (Wildman–Crippen MR) is 73.3 cm³/mol. The molecule has 1 aromatic rings. The van der Waals surface area contributed by atoms with Crippen LogP contribution in [-0.2, 0) is 19.9 Å². The van der Waals surface area contributed by atoms with Crippen LogP contribution in [0, 0.1) is 0 Å². The third kappa shape index (κ3) is 4.44. The summed E-state index contributed by atoms with van der Waals surface area (Å²) in [7, 11) is -3.84. The number of nitrogens with zero attached hydrogens (tertiary/aromatic N) is 2. The fourth-order valence-corrected chi connectivity index (χ4v) is 2.83. The Kier molecular flexibility index (Phi) is 4.88. The van der Waals surface area contributed by atoms with E-state index in [0.29, 0.717) is 0 Å². The van der Waals surface area contributed by atoms with E-state index in [9.17, 15) is 16.8 Å². The number of nitrogens with one attached hydrogen (secondary N) is 1. The normalized spacial score (nSPS) is 12.6. The van der Waals surface area contributed by atoms with Gasteiger partial charge in [0.2, 0.25) is 10.0 Å². The molecule has 1 rings (SSSR count). The summed E-state index contributed by atoms with van der Waals surface area (Å²) < 4.78 is 47.2. The van der Waals surface area contributed by atoms with Crippen LogP contribution in [0.1, 0.15) is 0 Å². The zero-order chi connectivity index (χ0) is 14.7. The highest BCUT2D eigenvalue weighted by atomic mass is 32.2. The molecule has 0 saturated carbocycles. The molecule has 1 heterocycles. The fraction of sp³-hybridized carbons (Fsp3) is 0.500. The van der Waals surface area contributed by atoms with Crippen molar-refractivity contribution in [1.29, 1.82) is 0 Å². The largest absolute Gasteiger partial charge is 0.368 e. The van der Waals surface area contributed by atoms with Gasteiger partial charge >= 0.3 is 0 Å². The minimum atomic E-state index is -3.40. The van der Waals surface area contributed by atoms with Crippen molar-refractivity contribution in [1.82, 2.24) is 9.29 Å². The van der Waals surface area contributed by atoms with Crippen molar-refractivity contribution in [2.75, 3.05) is 38.0 Å². The lowest BCUT2D eigenvalue weighted by Crippen LogP contribution is -2.28. The van der Waals surface area contributed by atoms with E-state index in [1.54, 1.807) is 0 Å². The van der Waals surface area contributed by atoms with Crippen molar-refractivity contribution in [3.8, 4) is 0 Å². The first-order chi connectivity index (χ1) is 8.64. The molecule has 9 heteroatoms. The monoisotopic (exact) mass is 307 g/mol. The Hall–Kier alpha value is -1.19. The van der Waals surface area contributed by atoms with E-state index in [4.69, 9.17) is 0 Å². The lowest BCUT2D eigenvalue weighted by Gasteiger charge is -2.13. The van der Waals surface area contributed by atoms with Crippen LogP contribution in [0.3, 0.4) is 0 Å².